The molecule has 12 heteroatoms. The van der Waals surface area contributed by atoms with Crippen LogP contribution in [0.25, 0.3) is 10.8 Å². The number of sulfonamides is 1. The van der Waals surface area contributed by atoms with Crippen molar-refractivity contribution in [3.8, 4) is 5.75 Å². The Morgan fingerprint density at radius 1 is 0.950 bits per heavy atom. The molecule has 0 atom stereocenters. The van der Waals surface area contributed by atoms with Crippen LogP contribution in [0.5, 0.6) is 5.75 Å². The van der Waals surface area contributed by atoms with Crippen molar-refractivity contribution in [3.63, 3.8) is 0 Å². The van der Waals surface area contributed by atoms with Crippen LogP contribution in [0.2, 0.25) is 0 Å². The summed E-state index contributed by atoms with van der Waals surface area (Å²) < 4.78 is 75.6. The number of anilines is 1. The van der Waals surface area contributed by atoms with Gasteiger partial charge in [-0.1, -0.05) is 36.4 Å². The molecule has 0 spiro atoms. The van der Waals surface area contributed by atoms with Gasteiger partial charge in [0, 0.05) is 11.6 Å². The molecule has 0 aliphatic rings. The Kier molecular flexibility index (Phi) is 8.10. The fourth-order valence-corrected chi connectivity index (χ4v) is 5.45. The summed E-state index contributed by atoms with van der Waals surface area (Å²) in [5.41, 5.74) is 0.494. The number of pyridine rings is 1. The zero-order chi connectivity index (χ0) is 29.1. The summed E-state index contributed by atoms with van der Waals surface area (Å²) in [6.45, 7) is 2.69. The van der Waals surface area contributed by atoms with E-state index in [4.69, 9.17) is 4.74 Å². The van der Waals surface area contributed by atoms with E-state index in [2.05, 4.69) is 9.72 Å². The molecule has 1 aromatic heterocycles. The number of rotatable bonds is 9. The minimum absolute atomic E-state index is 0.0573. The number of esters is 1. The first-order valence-corrected chi connectivity index (χ1v) is 13.4. The zero-order valence-electron chi connectivity index (χ0n) is 21.3. The molecule has 3 aromatic carbocycles. The van der Waals surface area contributed by atoms with Crippen molar-refractivity contribution in [2.45, 2.75) is 31.7 Å². The van der Waals surface area contributed by atoms with Gasteiger partial charge in [0.1, 0.15) is 5.75 Å². The van der Waals surface area contributed by atoms with E-state index in [0.29, 0.717) is 16.3 Å². The van der Waals surface area contributed by atoms with E-state index >= 15 is 0 Å². The van der Waals surface area contributed by atoms with Crippen molar-refractivity contribution < 1.29 is 40.7 Å². The van der Waals surface area contributed by atoms with Gasteiger partial charge in [0.2, 0.25) is 0 Å². The van der Waals surface area contributed by atoms with E-state index in [1.165, 1.54) is 49.5 Å². The molecule has 4 rings (SSSR count). The smallest absolute Gasteiger partial charge is 0.462 e. The van der Waals surface area contributed by atoms with Gasteiger partial charge in [-0.25, -0.2) is 22.5 Å². The van der Waals surface area contributed by atoms with Crippen LogP contribution in [0.4, 0.5) is 19.0 Å². The molecule has 0 amide bonds. The highest BCUT2D eigenvalue weighted by Gasteiger charge is 2.32. The third-order valence-corrected chi connectivity index (χ3v) is 7.55. The Labute approximate surface area is 228 Å². The lowest BCUT2D eigenvalue weighted by molar-refractivity contribution is -0.274. The second kappa shape index (κ2) is 11.3. The molecule has 0 saturated carbocycles. The predicted octanol–water partition coefficient (Wildman–Crippen LogP) is 5.91. The fraction of sp³-hybridized carbons (Fsp3) is 0.179. The number of benzene rings is 3. The standard InChI is InChI=1S/C28H23F3N2O6S/c1-3-38-27(35)20-10-14-23(15-11-20)40(36,37)33(17-19-8-12-22(13-9-19)39-28(29,30)31)26-25(18(2)34)24-7-5-4-6-21(24)16-32-26/h4-16H,3,17H2,1-2H3. The number of halogens is 3. The number of carbonyl (C=O) groups is 2. The summed E-state index contributed by atoms with van der Waals surface area (Å²) in [5.74, 6) is -1.70. The lowest BCUT2D eigenvalue weighted by Gasteiger charge is -2.26. The average molecular weight is 573 g/mol. The van der Waals surface area contributed by atoms with Gasteiger partial charge in [-0.15, -0.1) is 13.2 Å². The monoisotopic (exact) mass is 572 g/mol. The van der Waals surface area contributed by atoms with E-state index in [0.717, 1.165) is 16.4 Å². The Morgan fingerprint density at radius 3 is 2.20 bits per heavy atom. The zero-order valence-corrected chi connectivity index (χ0v) is 22.1. The molecule has 0 aliphatic heterocycles. The first-order valence-electron chi connectivity index (χ1n) is 11.9. The van der Waals surface area contributed by atoms with E-state index < -0.39 is 33.9 Å². The summed E-state index contributed by atoms with van der Waals surface area (Å²) in [5, 5.41) is 1.09. The van der Waals surface area contributed by atoms with Crippen molar-refractivity contribution in [2.24, 2.45) is 0 Å². The second-order valence-electron chi connectivity index (χ2n) is 8.55. The summed E-state index contributed by atoms with van der Waals surface area (Å²) >= 11 is 0. The first-order chi connectivity index (χ1) is 18.9. The van der Waals surface area contributed by atoms with E-state index in [1.807, 2.05) is 0 Å². The molecule has 0 aliphatic carbocycles. The number of hydrogen-bond donors (Lipinski definition) is 0. The van der Waals surface area contributed by atoms with Gasteiger partial charge >= 0.3 is 12.3 Å². The Morgan fingerprint density at radius 2 is 1.60 bits per heavy atom. The Bertz CT molecular complexity index is 1650. The minimum atomic E-state index is -4.89. The van der Waals surface area contributed by atoms with Crippen molar-refractivity contribution in [2.75, 3.05) is 10.9 Å². The van der Waals surface area contributed by atoms with Gasteiger partial charge in [-0.3, -0.25) is 4.79 Å². The van der Waals surface area contributed by atoms with Crippen LogP contribution in [-0.4, -0.2) is 38.1 Å². The third-order valence-electron chi connectivity index (χ3n) is 5.80. The Balaban J connectivity index is 1.83. The normalized spacial score (nSPS) is 11.7. The highest BCUT2D eigenvalue weighted by molar-refractivity contribution is 7.92. The maximum Gasteiger partial charge on any atom is 0.573 e. The van der Waals surface area contributed by atoms with E-state index in [-0.39, 0.29) is 35.0 Å². The van der Waals surface area contributed by atoms with Gasteiger partial charge in [0.05, 0.1) is 29.2 Å². The molecule has 0 saturated heterocycles. The molecule has 0 bridgehead atoms. The van der Waals surface area contributed by atoms with Crippen LogP contribution in [0.15, 0.2) is 83.9 Å². The molecular weight excluding hydrogens is 549 g/mol. The molecule has 0 fully saturated rings. The van der Waals surface area contributed by atoms with Crippen LogP contribution in [-0.2, 0) is 21.3 Å². The van der Waals surface area contributed by atoms with Crippen LogP contribution >= 0.6 is 0 Å². The van der Waals surface area contributed by atoms with E-state index in [1.54, 1.807) is 31.2 Å². The Hall–Kier alpha value is -4.45. The summed E-state index contributed by atoms with van der Waals surface area (Å²) in [6, 6.07) is 16.6. The molecule has 0 N–H and O–H groups in total. The van der Waals surface area contributed by atoms with Gasteiger partial charge in [-0.05, 0) is 61.2 Å². The third kappa shape index (κ3) is 6.23. The summed E-state index contributed by atoms with van der Waals surface area (Å²) in [7, 11) is -4.42. The number of alkyl halides is 3. The molecule has 40 heavy (non-hydrogen) atoms. The number of nitrogens with zero attached hydrogens (tertiary/aromatic N) is 2. The van der Waals surface area contributed by atoms with Crippen molar-refractivity contribution in [1.82, 2.24) is 4.98 Å². The lowest BCUT2D eigenvalue weighted by atomic mass is 10.0. The van der Waals surface area contributed by atoms with E-state index in [9.17, 15) is 31.2 Å². The molecule has 0 unspecified atom stereocenters. The number of fused-ring (bicyclic) bond motifs is 1. The maximum atomic E-state index is 14.0. The highest BCUT2D eigenvalue weighted by atomic mass is 32.2. The summed E-state index contributed by atoms with van der Waals surface area (Å²) in [4.78, 5) is 29.0. The number of ether oxygens (including phenoxy) is 2. The van der Waals surface area contributed by atoms with Crippen LogP contribution in [0, 0.1) is 0 Å². The van der Waals surface area contributed by atoms with Crippen molar-refractivity contribution >= 4 is 38.4 Å². The second-order valence-corrected chi connectivity index (χ2v) is 10.4. The highest BCUT2D eigenvalue weighted by Crippen LogP contribution is 2.33. The van der Waals surface area contributed by atoms with Gasteiger partial charge in [-0.2, -0.15) is 0 Å². The van der Waals surface area contributed by atoms with Gasteiger partial charge < -0.3 is 9.47 Å². The fourth-order valence-electron chi connectivity index (χ4n) is 4.03. The average Bonchev–Trinajstić information content (AvgIpc) is 2.91. The summed E-state index contributed by atoms with van der Waals surface area (Å²) in [6.07, 6.45) is -3.46. The quantitative estimate of drug-likeness (QED) is 0.182. The minimum Gasteiger partial charge on any atom is -0.462 e. The topological polar surface area (TPSA) is 103 Å². The van der Waals surface area contributed by atoms with Crippen LogP contribution in [0.1, 0.15) is 40.1 Å². The molecule has 0 radical (unpaired) electrons. The molecule has 4 aromatic rings. The SMILES string of the molecule is CCOC(=O)c1ccc(S(=O)(=O)N(Cc2ccc(OC(F)(F)F)cc2)c2ncc3ccccc3c2C(C)=O)cc1. The molecule has 1 heterocycles. The number of carbonyl (C=O) groups excluding carboxylic acids is 2. The molecule has 8 nitrogen and oxygen atoms in total. The largest absolute Gasteiger partial charge is 0.573 e. The number of ketones is 1. The van der Waals surface area contributed by atoms with Gasteiger partial charge in [0.15, 0.2) is 11.6 Å². The lowest BCUT2D eigenvalue weighted by Crippen LogP contribution is -2.32. The first kappa shape index (κ1) is 28.6. The van der Waals surface area contributed by atoms with Crippen LogP contribution in [0.3, 0.4) is 0 Å². The van der Waals surface area contributed by atoms with Crippen molar-refractivity contribution in [3.05, 3.63) is 95.7 Å². The van der Waals surface area contributed by atoms with Gasteiger partial charge in [0.25, 0.3) is 10.0 Å². The number of hydrogen-bond acceptors (Lipinski definition) is 7. The molecular formula is C28H23F3N2O6S. The number of Topliss-reactive ketones (excluding diaryl/α,β-unsaturated/α-hetero) is 1. The van der Waals surface area contributed by atoms with Crippen LogP contribution < -0.4 is 9.04 Å². The van der Waals surface area contributed by atoms with Crippen molar-refractivity contribution in [1.29, 1.82) is 0 Å². The maximum absolute atomic E-state index is 14.0. The predicted molar refractivity (Wildman–Crippen MR) is 141 cm³/mol. The molecule has 208 valence electrons. The number of aromatic nitrogens is 1.